The second kappa shape index (κ2) is 5.57. The van der Waals surface area contributed by atoms with E-state index in [4.69, 9.17) is 16.7 Å². The molecule has 0 bridgehead atoms. The first-order valence-corrected chi connectivity index (χ1v) is 5.25. The van der Waals surface area contributed by atoms with Gasteiger partial charge in [0.25, 0.3) is 0 Å². The lowest BCUT2D eigenvalue weighted by Gasteiger charge is -2.03. The van der Waals surface area contributed by atoms with Crippen molar-refractivity contribution in [2.45, 2.75) is 6.54 Å². The second-order valence-corrected chi connectivity index (χ2v) is 4.44. The highest BCUT2D eigenvalue weighted by atomic mass is 35.5. The van der Waals surface area contributed by atoms with Crippen molar-refractivity contribution in [3.63, 3.8) is 0 Å². The van der Waals surface area contributed by atoms with Crippen LogP contribution in [0.3, 0.4) is 0 Å². The summed E-state index contributed by atoms with van der Waals surface area (Å²) >= 11 is 7.05. The maximum Gasteiger partial charge on any atom is 0.323 e. The van der Waals surface area contributed by atoms with Crippen LogP contribution in [0.4, 0.5) is 4.79 Å². The lowest BCUT2D eigenvalue weighted by Crippen LogP contribution is -2.37. The van der Waals surface area contributed by atoms with Crippen LogP contribution in [0.2, 0.25) is 4.34 Å². The number of carboxylic acid groups (broad SMARTS) is 1. The number of nitrogens with one attached hydrogen (secondary N) is 2. The molecule has 0 fully saturated rings. The van der Waals surface area contributed by atoms with Gasteiger partial charge in [0.1, 0.15) is 6.54 Å². The topological polar surface area (TPSA) is 78.4 Å². The summed E-state index contributed by atoms with van der Waals surface area (Å²) in [6.07, 6.45) is 0. The summed E-state index contributed by atoms with van der Waals surface area (Å²) in [4.78, 5) is 22.0. The zero-order chi connectivity index (χ0) is 11.3. The molecule has 0 atom stereocenters. The Bertz CT molecular complexity index is 367. The summed E-state index contributed by atoms with van der Waals surface area (Å²) in [5.74, 6) is -1.08. The molecule has 0 saturated heterocycles. The largest absolute Gasteiger partial charge is 0.480 e. The van der Waals surface area contributed by atoms with Crippen molar-refractivity contribution in [3.8, 4) is 0 Å². The minimum atomic E-state index is -1.08. The van der Waals surface area contributed by atoms with Gasteiger partial charge >= 0.3 is 12.0 Å². The highest BCUT2D eigenvalue weighted by molar-refractivity contribution is 7.16. The number of hydrogen-bond acceptors (Lipinski definition) is 3. The molecule has 7 heteroatoms. The number of amides is 2. The Hall–Kier alpha value is -1.27. The average molecular weight is 249 g/mol. The summed E-state index contributed by atoms with van der Waals surface area (Å²) in [7, 11) is 0. The SMILES string of the molecule is O=C(O)CNC(=O)NCc1ccc(Cl)s1. The van der Waals surface area contributed by atoms with Gasteiger partial charge in [0, 0.05) is 4.88 Å². The minimum absolute atomic E-state index is 0.336. The molecule has 5 nitrogen and oxygen atoms in total. The van der Waals surface area contributed by atoms with Crippen molar-refractivity contribution in [1.82, 2.24) is 10.6 Å². The van der Waals surface area contributed by atoms with E-state index in [9.17, 15) is 9.59 Å². The van der Waals surface area contributed by atoms with Crippen molar-refractivity contribution >= 4 is 34.9 Å². The van der Waals surface area contributed by atoms with Crippen molar-refractivity contribution in [2.24, 2.45) is 0 Å². The Kier molecular flexibility index (Phi) is 4.38. The predicted octanol–water partition coefficient (Wildman–Crippen LogP) is 1.29. The van der Waals surface area contributed by atoms with Gasteiger partial charge in [0.15, 0.2) is 0 Å². The van der Waals surface area contributed by atoms with Crippen LogP contribution in [0.5, 0.6) is 0 Å². The summed E-state index contributed by atoms with van der Waals surface area (Å²) in [5.41, 5.74) is 0. The normalized spacial score (nSPS) is 9.67. The van der Waals surface area contributed by atoms with Crippen molar-refractivity contribution in [1.29, 1.82) is 0 Å². The number of carbonyl (C=O) groups is 2. The molecule has 1 aromatic heterocycles. The molecular formula is C8H9ClN2O3S. The predicted molar refractivity (Wildman–Crippen MR) is 57.2 cm³/mol. The lowest BCUT2D eigenvalue weighted by molar-refractivity contribution is -0.135. The molecule has 0 radical (unpaired) electrons. The summed E-state index contributed by atoms with van der Waals surface area (Å²) in [6, 6.07) is 3.02. The molecule has 2 amide bonds. The zero-order valence-electron chi connectivity index (χ0n) is 7.62. The molecule has 15 heavy (non-hydrogen) atoms. The van der Waals surface area contributed by atoms with Crippen LogP contribution in [0.1, 0.15) is 4.88 Å². The third kappa shape index (κ3) is 4.66. The Labute approximate surface area is 95.1 Å². The van der Waals surface area contributed by atoms with Crippen LogP contribution in [-0.4, -0.2) is 23.7 Å². The van der Waals surface area contributed by atoms with Gasteiger partial charge in [-0.2, -0.15) is 0 Å². The smallest absolute Gasteiger partial charge is 0.323 e. The third-order valence-corrected chi connectivity index (χ3v) is 2.68. The van der Waals surface area contributed by atoms with Crippen LogP contribution in [-0.2, 0) is 11.3 Å². The minimum Gasteiger partial charge on any atom is -0.480 e. The molecule has 1 rings (SSSR count). The third-order valence-electron chi connectivity index (χ3n) is 1.45. The molecule has 0 spiro atoms. The Balaban J connectivity index is 2.25. The number of halogens is 1. The fourth-order valence-corrected chi connectivity index (χ4v) is 1.86. The molecule has 0 aliphatic heterocycles. The van der Waals surface area contributed by atoms with Crippen molar-refractivity contribution in [2.75, 3.05) is 6.54 Å². The van der Waals surface area contributed by atoms with Crippen molar-refractivity contribution < 1.29 is 14.7 Å². The maximum absolute atomic E-state index is 11.0. The van der Waals surface area contributed by atoms with Crippen LogP contribution >= 0.6 is 22.9 Å². The van der Waals surface area contributed by atoms with Gasteiger partial charge in [0.05, 0.1) is 10.9 Å². The summed E-state index contributed by atoms with van der Waals surface area (Å²) in [5, 5.41) is 13.0. The van der Waals surface area contributed by atoms with Gasteiger partial charge in [-0.05, 0) is 12.1 Å². The van der Waals surface area contributed by atoms with Gasteiger partial charge in [-0.25, -0.2) is 4.79 Å². The first kappa shape index (κ1) is 11.8. The Morgan fingerprint density at radius 3 is 2.67 bits per heavy atom. The molecule has 0 aliphatic rings. The number of carbonyl (C=O) groups excluding carboxylic acids is 1. The Morgan fingerprint density at radius 2 is 2.13 bits per heavy atom. The van der Waals surface area contributed by atoms with E-state index >= 15 is 0 Å². The molecular weight excluding hydrogens is 240 g/mol. The van der Waals surface area contributed by atoms with E-state index in [0.717, 1.165) is 4.88 Å². The highest BCUT2D eigenvalue weighted by Crippen LogP contribution is 2.20. The molecule has 3 N–H and O–H groups in total. The van der Waals surface area contributed by atoms with Crippen LogP contribution < -0.4 is 10.6 Å². The van der Waals surface area contributed by atoms with Gasteiger partial charge in [-0.3, -0.25) is 4.79 Å². The van der Waals surface area contributed by atoms with Crippen LogP contribution in [0, 0.1) is 0 Å². The Morgan fingerprint density at radius 1 is 1.40 bits per heavy atom. The molecule has 1 heterocycles. The van der Waals surface area contributed by atoms with E-state index < -0.39 is 18.5 Å². The maximum atomic E-state index is 11.0. The van der Waals surface area contributed by atoms with Crippen LogP contribution in [0.25, 0.3) is 0 Å². The number of thiophene rings is 1. The lowest BCUT2D eigenvalue weighted by atomic mass is 10.5. The summed E-state index contributed by atoms with van der Waals surface area (Å²) in [6.45, 7) is -0.0557. The first-order valence-electron chi connectivity index (χ1n) is 4.05. The number of carboxylic acids is 1. The van der Waals surface area contributed by atoms with Crippen molar-refractivity contribution in [3.05, 3.63) is 21.3 Å². The van der Waals surface area contributed by atoms with Crippen LogP contribution in [0.15, 0.2) is 12.1 Å². The molecule has 0 aliphatic carbocycles. The average Bonchev–Trinajstić information content (AvgIpc) is 2.58. The molecule has 0 aromatic carbocycles. The van der Waals surface area contributed by atoms with E-state index in [2.05, 4.69) is 10.6 Å². The number of rotatable bonds is 4. The number of aliphatic carboxylic acids is 1. The van der Waals surface area contributed by atoms with E-state index in [1.165, 1.54) is 11.3 Å². The number of hydrogen-bond donors (Lipinski definition) is 3. The van der Waals surface area contributed by atoms with E-state index in [1.807, 2.05) is 0 Å². The molecule has 0 unspecified atom stereocenters. The summed E-state index contributed by atoms with van der Waals surface area (Å²) < 4.78 is 0.651. The van der Waals surface area contributed by atoms with Gasteiger partial charge < -0.3 is 15.7 Å². The van der Waals surface area contributed by atoms with Gasteiger partial charge in [-0.1, -0.05) is 11.6 Å². The molecule has 0 saturated carbocycles. The quantitative estimate of drug-likeness (QED) is 0.751. The fourth-order valence-electron chi connectivity index (χ4n) is 0.833. The van der Waals surface area contributed by atoms with E-state index in [0.29, 0.717) is 10.9 Å². The molecule has 82 valence electrons. The monoisotopic (exact) mass is 248 g/mol. The molecule has 1 aromatic rings. The first-order chi connectivity index (χ1) is 7.08. The fraction of sp³-hybridized carbons (Fsp3) is 0.250. The standard InChI is InChI=1S/C8H9ClN2O3S/c9-6-2-1-5(15-6)3-10-8(14)11-4-7(12)13/h1-2H,3-4H2,(H,12,13)(H2,10,11,14). The van der Waals surface area contributed by atoms with E-state index in [-0.39, 0.29) is 0 Å². The van der Waals surface area contributed by atoms with Gasteiger partial charge in [-0.15, -0.1) is 11.3 Å². The van der Waals surface area contributed by atoms with E-state index in [1.54, 1.807) is 12.1 Å². The zero-order valence-corrected chi connectivity index (χ0v) is 9.19. The highest BCUT2D eigenvalue weighted by Gasteiger charge is 2.03. The van der Waals surface area contributed by atoms with Gasteiger partial charge in [0.2, 0.25) is 0 Å². The second-order valence-electron chi connectivity index (χ2n) is 2.64. The number of urea groups is 1.